The number of rotatable bonds is 7. The third-order valence-electron chi connectivity index (χ3n) is 8.84. The number of hydrogen-bond acceptors (Lipinski definition) is 5. The molecule has 0 unspecified atom stereocenters. The van der Waals surface area contributed by atoms with Crippen molar-refractivity contribution >= 4 is 68.5 Å². The van der Waals surface area contributed by atoms with Crippen molar-refractivity contribution in [3.05, 3.63) is 171 Å². The van der Waals surface area contributed by atoms with Crippen LogP contribution in [0.25, 0.3) is 60.5 Å². The predicted molar refractivity (Wildman–Crippen MR) is 212 cm³/mol. The molecule has 0 spiro atoms. The number of aromatic nitrogens is 4. The third-order valence-corrected chi connectivity index (χ3v) is 9.50. The first-order valence-corrected chi connectivity index (χ1v) is 17.4. The summed E-state index contributed by atoms with van der Waals surface area (Å²) < 4.78 is 29.7. The van der Waals surface area contributed by atoms with Crippen molar-refractivity contribution in [1.82, 2.24) is 19.6 Å². The van der Waals surface area contributed by atoms with Gasteiger partial charge in [-0.1, -0.05) is 35.3 Å². The molecular formula is C42H24Cl2F2N6O5. The molecule has 0 aliphatic heterocycles. The van der Waals surface area contributed by atoms with Crippen LogP contribution in [0.5, 0.6) is 0 Å². The summed E-state index contributed by atoms with van der Waals surface area (Å²) in [4.78, 5) is 37.9. The molecule has 15 heteroatoms. The molecule has 0 atom stereocenters. The largest absolute Gasteiger partial charge is 0.478 e. The number of amides is 1. The van der Waals surface area contributed by atoms with Crippen LogP contribution in [0.4, 0.5) is 14.5 Å². The van der Waals surface area contributed by atoms with E-state index in [1.54, 1.807) is 48.5 Å². The smallest absolute Gasteiger partial charge is 0.335 e. The first-order chi connectivity index (χ1) is 27.3. The number of fused-ring (bicyclic) bond motifs is 2. The molecule has 57 heavy (non-hydrogen) atoms. The highest BCUT2D eigenvalue weighted by atomic mass is 35.5. The molecule has 0 bridgehead atoms. The fourth-order valence-corrected chi connectivity index (χ4v) is 6.49. The topological polar surface area (TPSA) is 158 Å². The average molecular weight is 802 g/mol. The van der Waals surface area contributed by atoms with Crippen LogP contribution in [0.3, 0.4) is 0 Å². The normalized spacial score (nSPS) is 10.9. The van der Waals surface area contributed by atoms with E-state index in [1.807, 2.05) is 0 Å². The van der Waals surface area contributed by atoms with Gasteiger partial charge >= 0.3 is 11.9 Å². The van der Waals surface area contributed by atoms with E-state index in [0.717, 1.165) is 0 Å². The van der Waals surface area contributed by atoms with Gasteiger partial charge in [-0.2, -0.15) is 10.2 Å². The molecule has 0 aliphatic carbocycles. The highest BCUT2D eigenvalue weighted by Gasteiger charge is 2.20. The molecule has 0 fully saturated rings. The van der Waals surface area contributed by atoms with E-state index in [2.05, 4.69) is 15.0 Å². The van der Waals surface area contributed by atoms with Gasteiger partial charge in [0.1, 0.15) is 23.0 Å². The van der Waals surface area contributed by atoms with Gasteiger partial charge in [-0.15, -0.1) is 0 Å². The molecule has 280 valence electrons. The number of primary amides is 1. The maximum atomic E-state index is 13.4. The lowest BCUT2D eigenvalue weighted by atomic mass is 10.0. The Morgan fingerprint density at radius 1 is 0.596 bits per heavy atom. The molecule has 4 N–H and O–H groups in total. The van der Waals surface area contributed by atoms with E-state index < -0.39 is 23.7 Å². The highest BCUT2D eigenvalue weighted by molar-refractivity contribution is 6.34. The van der Waals surface area contributed by atoms with Crippen LogP contribution < -0.4 is 5.73 Å². The molecule has 0 saturated heterocycles. The molecule has 0 saturated carbocycles. The second-order valence-electron chi connectivity index (χ2n) is 12.4. The van der Waals surface area contributed by atoms with E-state index in [4.69, 9.17) is 35.5 Å². The van der Waals surface area contributed by atoms with Gasteiger partial charge in [0.15, 0.2) is 5.69 Å². The first-order valence-electron chi connectivity index (χ1n) is 16.6. The van der Waals surface area contributed by atoms with Crippen molar-refractivity contribution in [3.8, 4) is 33.9 Å². The van der Waals surface area contributed by atoms with Gasteiger partial charge in [-0.05, 0) is 109 Å². The Kier molecular flexibility index (Phi) is 10.2. The summed E-state index contributed by atoms with van der Waals surface area (Å²) >= 11 is 12.7. The number of carboxylic acid groups (broad SMARTS) is 2. The van der Waals surface area contributed by atoms with Gasteiger partial charge in [-0.25, -0.2) is 32.6 Å². The minimum absolute atomic E-state index is 0.0734. The van der Waals surface area contributed by atoms with Crippen LogP contribution in [-0.4, -0.2) is 47.6 Å². The van der Waals surface area contributed by atoms with Gasteiger partial charge in [-0.3, -0.25) is 4.79 Å². The average Bonchev–Trinajstić information content (AvgIpc) is 3.77. The number of benzene rings is 6. The SMILES string of the molecule is NC(=O)c1ccc(Cl)c(-c2nn(-c3ccc(F)cc3)c3cc(C(=O)O)ccc23)c1.[C-]#[N+]c1ccc(Cl)c(-c2nn(-c3ccc(F)cc3)c3cc(C(=O)O)ccc23)c1. The number of carboxylic acids is 2. The summed E-state index contributed by atoms with van der Waals surface area (Å²) in [5, 5.41) is 29.9. The third kappa shape index (κ3) is 7.50. The van der Waals surface area contributed by atoms with E-state index in [9.17, 15) is 33.4 Å². The Hall–Kier alpha value is -7.40. The predicted octanol–water partition coefficient (Wildman–Crippen LogP) is 10.0. The number of nitrogens with zero attached hydrogens (tertiary/aromatic N) is 5. The number of hydrogen-bond donors (Lipinski definition) is 3. The second kappa shape index (κ2) is 15.4. The minimum Gasteiger partial charge on any atom is -0.478 e. The van der Waals surface area contributed by atoms with Crippen molar-refractivity contribution in [2.75, 3.05) is 0 Å². The standard InChI is InChI=1S/C21H13ClFN3O3.C21H11ClFN3O2/c22-17-8-2-11(20(24)27)9-16(17)19-15-7-1-12(21(28)29)10-18(15)26(25-19)14-5-3-13(23)4-6-14;1-24-14-5-9-18(22)17(11-14)20-16-8-2-12(21(27)28)10-19(16)26(25-20)15-6-3-13(23)4-7-15/h1-10H,(H2,24,27)(H,28,29);2-11H,(H,27,28). The van der Waals surface area contributed by atoms with Crippen molar-refractivity contribution in [1.29, 1.82) is 0 Å². The Labute approximate surface area is 331 Å². The van der Waals surface area contributed by atoms with Crippen LogP contribution in [0.15, 0.2) is 121 Å². The summed E-state index contributed by atoms with van der Waals surface area (Å²) in [6.45, 7) is 7.23. The summed E-state index contributed by atoms with van der Waals surface area (Å²) in [5.41, 5.74) is 10.3. The minimum atomic E-state index is -1.09. The summed E-state index contributed by atoms with van der Waals surface area (Å²) in [7, 11) is 0. The van der Waals surface area contributed by atoms with Crippen molar-refractivity contribution in [2.24, 2.45) is 5.73 Å². The molecule has 8 aromatic rings. The van der Waals surface area contributed by atoms with Crippen molar-refractivity contribution in [2.45, 2.75) is 0 Å². The van der Waals surface area contributed by atoms with E-state index >= 15 is 0 Å². The van der Waals surface area contributed by atoms with Crippen LogP contribution in [-0.2, 0) is 0 Å². The zero-order valence-corrected chi connectivity index (χ0v) is 30.5. The number of aromatic carboxylic acids is 2. The lowest BCUT2D eigenvalue weighted by Gasteiger charge is -2.04. The molecule has 6 aromatic carbocycles. The zero-order valence-electron chi connectivity index (χ0n) is 29.0. The van der Waals surface area contributed by atoms with Gasteiger partial charge in [0, 0.05) is 32.5 Å². The van der Waals surface area contributed by atoms with E-state index in [1.165, 1.54) is 82.2 Å². The molecule has 1 amide bonds. The van der Waals surface area contributed by atoms with Gasteiger partial charge < -0.3 is 15.9 Å². The maximum Gasteiger partial charge on any atom is 0.335 e. The fraction of sp³-hybridized carbons (Fsp3) is 0. The van der Waals surface area contributed by atoms with Crippen molar-refractivity contribution < 1.29 is 33.4 Å². The molecular weight excluding hydrogens is 777 g/mol. The Morgan fingerprint density at radius 2 is 1.02 bits per heavy atom. The summed E-state index contributed by atoms with van der Waals surface area (Å²) in [6, 6.07) is 30.0. The number of carbonyl (C=O) groups is 3. The maximum absolute atomic E-state index is 13.4. The van der Waals surface area contributed by atoms with Crippen LogP contribution >= 0.6 is 23.2 Å². The summed E-state index contributed by atoms with van der Waals surface area (Å²) in [5.74, 6) is -3.57. The second-order valence-corrected chi connectivity index (χ2v) is 13.2. The Bertz CT molecular complexity index is 2960. The highest BCUT2D eigenvalue weighted by Crippen LogP contribution is 2.38. The van der Waals surface area contributed by atoms with E-state index in [-0.39, 0.29) is 22.5 Å². The quantitative estimate of drug-likeness (QED) is 0.135. The fourth-order valence-electron chi connectivity index (χ4n) is 6.08. The lowest BCUT2D eigenvalue weighted by molar-refractivity contribution is 0.0686. The number of nitrogens with two attached hydrogens (primary N) is 1. The Morgan fingerprint density at radius 3 is 1.44 bits per heavy atom. The van der Waals surface area contributed by atoms with Crippen LogP contribution in [0.2, 0.25) is 10.0 Å². The molecule has 2 aromatic heterocycles. The zero-order chi connectivity index (χ0) is 40.5. The summed E-state index contributed by atoms with van der Waals surface area (Å²) in [6.07, 6.45) is 0. The van der Waals surface area contributed by atoms with Gasteiger partial charge in [0.25, 0.3) is 0 Å². The number of carbonyl (C=O) groups excluding carboxylic acids is 1. The molecule has 2 heterocycles. The Balaban J connectivity index is 0.000000174. The molecule has 8 rings (SSSR count). The van der Waals surface area contributed by atoms with Crippen LogP contribution in [0.1, 0.15) is 31.1 Å². The molecule has 0 radical (unpaired) electrons. The van der Waals surface area contributed by atoms with Crippen LogP contribution in [0, 0.1) is 18.2 Å². The van der Waals surface area contributed by atoms with E-state index in [0.29, 0.717) is 71.4 Å². The number of halogens is 4. The van der Waals surface area contributed by atoms with Gasteiger partial charge in [0.2, 0.25) is 5.91 Å². The lowest BCUT2D eigenvalue weighted by Crippen LogP contribution is -2.10. The molecule has 0 aliphatic rings. The van der Waals surface area contributed by atoms with Gasteiger partial charge in [0.05, 0.1) is 45.1 Å². The van der Waals surface area contributed by atoms with Crippen molar-refractivity contribution in [3.63, 3.8) is 0 Å². The monoisotopic (exact) mass is 800 g/mol. The first kappa shape index (κ1) is 37.9. The molecule has 11 nitrogen and oxygen atoms in total.